The summed E-state index contributed by atoms with van der Waals surface area (Å²) in [6.07, 6.45) is 5.14. The van der Waals surface area contributed by atoms with Gasteiger partial charge in [0, 0.05) is 24.3 Å². The Labute approximate surface area is 108 Å². The molecule has 0 aromatic carbocycles. The number of thiocarbonyl (C=S) groups is 1. The van der Waals surface area contributed by atoms with E-state index < -0.39 is 0 Å². The van der Waals surface area contributed by atoms with Crippen LogP contribution in [0.15, 0.2) is 12.1 Å². The molecule has 0 bridgehead atoms. The van der Waals surface area contributed by atoms with Crippen molar-refractivity contribution < 1.29 is 0 Å². The van der Waals surface area contributed by atoms with Gasteiger partial charge in [0.2, 0.25) is 0 Å². The molecule has 1 aliphatic heterocycles. The fraction of sp³-hybridized carbons (Fsp3) is 0.538. The molecule has 1 fully saturated rings. The van der Waals surface area contributed by atoms with Crippen molar-refractivity contribution in [2.75, 3.05) is 18.0 Å². The highest BCUT2D eigenvalue weighted by molar-refractivity contribution is 7.80. The molecule has 0 radical (unpaired) electrons. The van der Waals surface area contributed by atoms with Crippen LogP contribution < -0.4 is 10.6 Å². The van der Waals surface area contributed by atoms with Gasteiger partial charge >= 0.3 is 0 Å². The van der Waals surface area contributed by atoms with Gasteiger partial charge in [0.15, 0.2) is 0 Å². The lowest BCUT2D eigenvalue weighted by Gasteiger charge is -2.22. The molecule has 2 N–H and O–H groups in total. The van der Waals surface area contributed by atoms with Crippen LogP contribution >= 0.6 is 12.2 Å². The van der Waals surface area contributed by atoms with E-state index in [9.17, 15) is 0 Å². The van der Waals surface area contributed by atoms with Crippen molar-refractivity contribution in [2.45, 2.75) is 32.6 Å². The highest BCUT2D eigenvalue weighted by Crippen LogP contribution is 2.19. The van der Waals surface area contributed by atoms with Gasteiger partial charge in [0.05, 0.1) is 0 Å². The third kappa shape index (κ3) is 3.16. The Hall–Kier alpha value is -1.16. The van der Waals surface area contributed by atoms with Crippen LogP contribution in [0.1, 0.15) is 36.9 Å². The van der Waals surface area contributed by atoms with Crippen LogP contribution in [0.3, 0.4) is 0 Å². The standard InChI is InChI=1S/C13H19N3S/c1-10-8-11(13(14)17)9-12(15-10)16-6-4-2-3-5-7-16/h8-9H,2-7H2,1H3,(H2,14,17). The minimum Gasteiger partial charge on any atom is -0.389 e. The zero-order valence-electron chi connectivity index (χ0n) is 10.3. The first kappa shape index (κ1) is 12.3. The molecule has 92 valence electrons. The van der Waals surface area contributed by atoms with Crippen molar-refractivity contribution >= 4 is 23.0 Å². The highest BCUT2D eigenvalue weighted by Gasteiger charge is 2.12. The smallest absolute Gasteiger partial charge is 0.129 e. The van der Waals surface area contributed by atoms with E-state index >= 15 is 0 Å². The maximum atomic E-state index is 5.70. The summed E-state index contributed by atoms with van der Waals surface area (Å²) >= 11 is 5.04. The molecule has 3 nitrogen and oxygen atoms in total. The largest absolute Gasteiger partial charge is 0.389 e. The fourth-order valence-electron chi connectivity index (χ4n) is 2.26. The minimum atomic E-state index is 0.451. The number of hydrogen-bond acceptors (Lipinski definition) is 3. The van der Waals surface area contributed by atoms with Gasteiger partial charge in [-0.05, 0) is 31.9 Å². The van der Waals surface area contributed by atoms with E-state index in [2.05, 4.69) is 9.88 Å². The van der Waals surface area contributed by atoms with Gasteiger partial charge in [-0.15, -0.1) is 0 Å². The Morgan fingerprint density at radius 1 is 1.24 bits per heavy atom. The summed E-state index contributed by atoms with van der Waals surface area (Å²) in [5.41, 5.74) is 7.60. The molecule has 17 heavy (non-hydrogen) atoms. The fourth-order valence-corrected chi connectivity index (χ4v) is 2.37. The zero-order chi connectivity index (χ0) is 12.3. The molecule has 0 amide bonds. The SMILES string of the molecule is Cc1cc(C(N)=S)cc(N2CCCCCC2)n1. The second-order valence-corrected chi connectivity index (χ2v) is 5.06. The summed E-state index contributed by atoms with van der Waals surface area (Å²) in [6, 6.07) is 3.96. The third-order valence-corrected chi connectivity index (χ3v) is 3.39. The van der Waals surface area contributed by atoms with Gasteiger partial charge < -0.3 is 10.6 Å². The lowest BCUT2D eigenvalue weighted by atomic mass is 10.2. The maximum Gasteiger partial charge on any atom is 0.129 e. The summed E-state index contributed by atoms with van der Waals surface area (Å²) in [4.78, 5) is 7.39. The van der Waals surface area contributed by atoms with Crippen LogP contribution in [0.2, 0.25) is 0 Å². The second-order valence-electron chi connectivity index (χ2n) is 4.62. The van der Waals surface area contributed by atoms with E-state index in [4.69, 9.17) is 18.0 Å². The Morgan fingerprint density at radius 2 is 1.88 bits per heavy atom. The summed E-state index contributed by atoms with van der Waals surface area (Å²) in [5, 5.41) is 0. The minimum absolute atomic E-state index is 0.451. The number of hydrogen-bond donors (Lipinski definition) is 1. The summed E-state index contributed by atoms with van der Waals surface area (Å²) in [5.74, 6) is 1.02. The second kappa shape index (κ2) is 5.45. The Morgan fingerprint density at radius 3 is 2.47 bits per heavy atom. The van der Waals surface area contributed by atoms with E-state index in [1.807, 2.05) is 19.1 Å². The van der Waals surface area contributed by atoms with Crippen molar-refractivity contribution in [1.29, 1.82) is 0 Å². The summed E-state index contributed by atoms with van der Waals surface area (Å²) in [7, 11) is 0. The van der Waals surface area contributed by atoms with Crippen molar-refractivity contribution in [3.63, 3.8) is 0 Å². The lowest BCUT2D eigenvalue weighted by molar-refractivity contribution is 0.726. The molecule has 0 aliphatic carbocycles. The number of rotatable bonds is 2. The lowest BCUT2D eigenvalue weighted by Crippen LogP contribution is -2.25. The summed E-state index contributed by atoms with van der Waals surface area (Å²) < 4.78 is 0. The molecule has 4 heteroatoms. The molecule has 2 heterocycles. The van der Waals surface area contributed by atoms with Crippen molar-refractivity contribution in [2.24, 2.45) is 5.73 Å². The predicted molar refractivity (Wildman–Crippen MR) is 75.5 cm³/mol. The Balaban J connectivity index is 2.27. The quantitative estimate of drug-likeness (QED) is 0.817. The summed E-state index contributed by atoms with van der Waals surface area (Å²) in [6.45, 7) is 4.17. The number of aromatic nitrogens is 1. The van der Waals surface area contributed by atoms with Crippen LogP contribution in [0.25, 0.3) is 0 Å². The third-order valence-electron chi connectivity index (χ3n) is 3.15. The topological polar surface area (TPSA) is 42.1 Å². The molecule has 1 aromatic rings. The molecule has 0 saturated carbocycles. The van der Waals surface area contributed by atoms with Gasteiger partial charge in [0.1, 0.15) is 10.8 Å². The van der Waals surface area contributed by atoms with Gasteiger partial charge in [-0.2, -0.15) is 0 Å². The van der Waals surface area contributed by atoms with E-state index in [-0.39, 0.29) is 0 Å². The van der Waals surface area contributed by atoms with Gasteiger partial charge in [-0.25, -0.2) is 4.98 Å². The molecule has 2 rings (SSSR count). The van der Waals surface area contributed by atoms with E-state index in [1.165, 1.54) is 25.7 Å². The normalized spacial score (nSPS) is 16.6. The van der Waals surface area contributed by atoms with Gasteiger partial charge in [-0.3, -0.25) is 0 Å². The number of anilines is 1. The highest BCUT2D eigenvalue weighted by atomic mass is 32.1. The monoisotopic (exact) mass is 249 g/mol. The van der Waals surface area contributed by atoms with Crippen LogP contribution in [0.5, 0.6) is 0 Å². The van der Waals surface area contributed by atoms with Crippen molar-refractivity contribution in [3.8, 4) is 0 Å². The molecule has 0 atom stereocenters. The Kier molecular flexibility index (Phi) is 3.94. The first-order valence-corrected chi connectivity index (χ1v) is 6.61. The van der Waals surface area contributed by atoms with Crippen molar-refractivity contribution in [1.82, 2.24) is 4.98 Å². The van der Waals surface area contributed by atoms with Crippen molar-refractivity contribution in [3.05, 3.63) is 23.4 Å². The van der Waals surface area contributed by atoms with Crippen LogP contribution in [-0.2, 0) is 0 Å². The Bertz CT molecular complexity index is 409. The number of aryl methyl sites for hydroxylation is 1. The molecule has 1 aromatic heterocycles. The first-order chi connectivity index (χ1) is 8.16. The molecule has 1 aliphatic rings. The molecular formula is C13H19N3S. The van der Waals surface area contributed by atoms with Crippen LogP contribution in [0.4, 0.5) is 5.82 Å². The predicted octanol–water partition coefficient (Wildman–Crippen LogP) is 2.40. The van der Waals surface area contributed by atoms with Crippen LogP contribution in [-0.4, -0.2) is 23.1 Å². The zero-order valence-corrected chi connectivity index (χ0v) is 11.1. The number of pyridine rings is 1. The molecular weight excluding hydrogens is 230 g/mol. The molecule has 1 saturated heterocycles. The van der Waals surface area contributed by atoms with E-state index in [1.54, 1.807) is 0 Å². The molecule has 0 spiro atoms. The number of nitrogens with zero attached hydrogens (tertiary/aromatic N) is 2. The van der Waals surface area contributed by atoms with Crippen LogP contribution in [0, 0.1) is 6.92 Å². The van der Waals surface area contributed by atoms with Gasteiger partial charge in [0.25, 0.3) is 0 Å². The van der Waals surface area contributed by atoms with Gasteiger partial charge in [-0.1, -0.05) is 25.1 Å². The first-order valence-electron chi connectivity index (χ1n) is 6.20. The average Bonchev–Trinajstić information content (AvgIpc) is 2.56. The number of nitrogens with two attached hydrogens (primary N) is 1. The van der Waals surface area contributed by atoms with E-state index in [0.29, 0.717) is 4.99 Å². The molecule has 0 unspecified atom stereocenters. The van der Waals surface area contributed by atoms with E-state index in [0.717, 1.165) is 30.2 Å². The average molecular weight is 249 g/mol. The maximum absolute atomic E-state index is 5.70.